The van der Waals surface area contributed by atoms with Gasteiger partial charge in [0.05, 0.1) is 0 Å². The molecule has 0 saturated heterocycles. The smallest absolute Gasteiger partial charge is 0.326 e. The molecule has 0 aromatic rings. The molecule has 3 N–H and O–H groups in total. The third-order valence-electron chi connectivity index (χ3n) is 2.32. The Kier molecular flexibility index (Phi) is 9.26. The quantitative estimate of drug-likeness (QED) is 0.416. The third kappa shape index (κ3) is 8.98. The lowest BCUT2D eigenvalue weighted by Gasteiger charge is -2.13. The number of halogens is 1. The fourth-order valence-electron chi connectivity index (χ4n) is 1.35. The summed E-state index contributed by atoms with van der Waals surface area (Å²) < 4.78 is 0. The van der Waals surface area contributed by atoms with Crippen LogP contribution in [0.3, 0.4) is 0 Å². The second-order valence-electron chi connectivity index (χ2n) is 3.89. The van der Waals surface area contributed by atoms with Crippen LogP contribution < -0.4 is 5.32 Å². The van der Waals surface area contributed by atoms with Crippen molar-refractivity contribution >= 4 is 33.8 Å². The van der Waals surface area contributed by atoms with Crippen LogP contribution in [-0.4, -0.2) is 39.4 Å². The van der Waals surface area contributed by atoms with Crippen LogP contribution in [0.15, 0.2) is 0 Å². The Morgan fingerprint density at radius 2 is 1.72 bits per heavy atom. The van der Waals surface area contributed by atoms with Gasteiger partial charge in [-0.15, -0.1) is 0 Å². The minimum Gasteiger partial charge on any atom is -0.481 e. The van der Waals surface area contributed by atoms with Crippen molar-refractivity contribution in [3.8, 4) is 0 Å². The molecule has 0 aromatic carbocycles. The molecule has 0 aromatic heterocycles. The van der Waals surface area contributed by atoms with E-state index in [1.165, 1.54) is 0 Å². The van der Waals surface area contributed by atoms with Crippen molar-refractivity contribution in [3.05, 3.63) is 0 Å². The number of rotatable bonds is 10. The van der Waals surface area contributed by atoms with Gasteiger partial charge in [-0.25, -0.2) is 4.79 Å². The predicted molar refractivity (Wildman–Crippen MR) is 68.7 cm³/mol. The first-order chi connectivity index (χ1) is 8.47. The van der Waals surface area contributed by atoms with Crippen molar-refractivity contribution < 1.29 is 24.6 Å². The van der Waals surface area contributed by atoms with E-state index in [1.54, 1.807) is 0 Å². The zero-order valence-corrected chi connectivity index (χ0v) is 11.6. The highest BCUT2D eigenvalue weighted by Gasteiger charge is 2.20. The summed E-state index contributed by atoms with van der Waals surface area (Å²) in [6.07, 6.45) is 2.45. The maximum Gasteiger partial charge on any atom is 0.326 e. The normalized spacial score (nSPS) is 11.8. The summed E-state index contributed by atoms with van der Waals surface area (Å²) in [6.45, 7) is 0. The van der Waals surface area contributed by atoms with Gasteiger partial charge >= 0.3 is 11.9 Å². The number of unbranched alkanes of at least 4 members (excludes halogenated alkanes) is 2. The fraction of sp³-hybridized carbons (Fsp3) is 0.727. The predicted octanol–water partition coefficient (Wildman–Crippen LogP) is 1.38. The maximum atomic E-state index is 11.4. The number of amides is 1. The molecule has 0 bridgehead atoms. The Bertz CT molecular complexity index is 295. The van der Waals surface area contributed by atoms with Crippen molar-refractivity contribution in [2.45, 2.75) is 44.6 Å². The van der Waals surface area contributed by atoms with Crippen LogP contribution in [0.4, 0.5) is 0 Å². The van der Waals surface area contributed by atoms with E-state index in [1.807, 2.05) is 0 Å². The topological polar surface area (TPSA) is 104 Å². The van der Waals surface area contributed by atoms with Crippen LogP contribution in [0.2, 0.25) is 0 Å². The first kappa shape index (κ1) is 16.9. The SMILES string of the molecule is O=C(O)CCC(NC(=O)CCCCCBr)C(=O)O. The van der Waals surface area contributed by atoms with E-state index >= 15 is 0 Å². The van der Waals surface area contributed by atoms with Gasteiger partial charge in [0.1, 0.15) is 6.04 Å². The average Bonchev–Trinajstić information content (AvgIpc) is 2.29. The molecule has 0 fully saturated rings. The summed E-state index contributed by atoms with van der Waals surface area (Å²) in [5.74, 6) is -2.62. The molecule has 1 atom stereocenters. The van der Waals surface area contributed by atoms with Crippen molar-refractivity contribution in [1.29, 1.82) is 0 Å². The molecule has 104 valence electrons. The van der Waals surface area contributed by atoms with Crippen molar-refractivity contribution in [2.75, 3.05) is 5.33 Å². The van der Waals surface area contributed by atoms with Gasteiger partial charge in [-0.2, -0.15) is 0 Å². The molecular formula is C11H18BrNO5. The molecule has 0 saturated carbocycles. The summed E-state index contributed by atoms with van der Waals surface area (Å²) in [5.41, 5.74) is 0. The first-order valence-corrected chi connectivity index (χ1v) is 6.89. The summed E-state index contributed by atoms with van der Waals surface area (Å²) in [5, 5.41) is 20.5. The van der Waals surface area contributed by atoms with Crippen LogP contribution >= 0.6 is 15.9 Å². The first-order valence-electron chi connectivity index (χ1n) is 5.77. The van der Waals surface area contributed by atoms with E-state index < -0.39 is 18.0 Å². The highest BCUT2D eigenvalue weighted by Crippen LogP contribution is 2.04. The number of aliphatic carboxylic acids is 2. The molecule has 0 rings (SSSR count). The lowest BCUT2D eigenvalue weighted by Crippen LogP contribution is -2.41. The summed E-state index contributed by atoms with van der Waals surface area (Å²) in [7, 11) is 0. The molecular weight excluding hydrogens is 306 g/mol. The molecule has 0 spiro atoms. The number of carbonyl (C=O) groups is 3. The minimum absolute atomic E-state index is 0.0994. The van der Waals surface area contributed by atoms with Crippen molar-refractivity contribution in [3.63, 3.8) is 0 Å². The van der Waals surface area contributed by atoms with E-state index in [2.05, 4.69) is 21.2 Å². The number of alkyl halides is 1. The monoisotopic (exact) mass is 323 g/mol. The van der Waals surface area contributed by atoms with Gasteiger partial charge in [0, 0.05) is 18.2 Å². The van der Waals surface area contributed by atoms with Crippen molar-refractivity contribution in [2.24, 2.45) is 0 Å². The number of carboxylic acids is 2. The average molecular weight is 324 g/mol. The lowest BCUT2D eigenvalue weighted by molar-refractivity contribution is -0.143. The van der Waals surface area contributed by atoms with Crippen LogP contribution in [0.5, 0.6) is 0 Å². The molecule has 18 heavy (non-hydrogen) atoms. The second kappa shape index (κ2) is 9.87. The van der Waals surface area contributed by atoms with Gasteiger partial charge in [-0.05, 0) is 19.3 Å². The Hall–Kier alpha value is -1.11. The van der Waals surface area contributed by atoms with Gasteiger partial charge in [0.25, 0.3) is 0 Å². The molecule has 0 aliphatic rings. The fourth-order valence-corrected chi connectivity index (χ4v) is 1.75. The number of hydrogen-bond acceptors (Lipinski definition) is 3. The van der Waals surface area contributed by atoms with Crippen LogP contribution in [-0.2, 0) is 14.4 Å². The van der Waals surface area contributed by atoms with E-state index in [0.29, 0.717) is 6.42 Å². The molecule has 1 unspecified atom stereocenters. The Morgan fingerprint density at radius 3 is 2.22 bits per heavy atom. The van der Waals surface area contributed by atoms with Gasteiger partial charge in [0.15, 0.2) is 0 Å². The second-order valence-corrected chi connectivity index (χ2v) is 4.68. The zero-order valence-electron chi connectivity index (χ0n) is 10.0. The Labute approximate surface area is 114 Å². The lowest BCUT2D eigenvalue weighted by atomic mass is 10.1. The summed E-state index contributed by atoms with van der Waals surface area (Å²) in [6, 6.07) is -1.12. The van der Waals surface area contributed by atoms with E-state index in [4.69, 9.17) is 10.2 Å². The van der Waals surface area contributed by atoms with Gasteiger partial charge < -0.3 is 15.5 Å². The number of hydrogen-bond donors (Lipinski definition) is 3. The molecule has 6 nitrogen and oxygen atoms in total. The van der Waals surface area contributed by atoms with Crippen LogP contribution in [0.1, 0.15) is 38.5 Å². The van der Waals surface area contributed by atoms with Crippen molar-refractivity contribution in [1.82, 2.24) is 5.32 Å². The van der Waals surface area contributed by atoms with E-state index in [-0.39, 0.29) is 25.2 Å². The number of nitrogens with one attached hydrogen (secondary N) is 1. The zero-order chi connectivity index (χ0) is 14.0. The number of carboxylic acid groups (broad SMARTS) is 2. The Morgan fingerprint density at radius 1 is 1.06 bits per heavy atom. The van der Waals surface area contributed by atoms with E-state index in [0.717, 1.165) is 18.2 Å². The number of carbonyl (C=O) groups excluding carboxylic acids is 1. The van der Waals surface area contributed by atoms with Crippen LogP contribution in [0.25, 0.3) is 0 Å². The summed E-state index contributed by atoms with van der Waals surface area (Å²) in [4.78, 5) is 32.6. The third-order valence-corrected chi connectivity index (χ3v) is 2.88. The molecule has 1 amide bonds. The molecule has 0 aliphatic heterocycles. The highest BCUT2D eigenvalue weighted by atomic mass is 79.9. The van der Waals surface area contributed by atoms with Gasteiger partial charge in [0.2, 0.25) is 5.91 Å². The Balaban J connectivity index is 3.96. The highest BCUT2D eigenvalue weighted by molar-refractivity contribution is 9.09. The van der Waals surface area contributed by atoms with Gasteiger partial charge in [-0.3, -0.25) is 9.59 Å². The molecule has 7 heteroatoms. The minimum atomic E-state index is -1.20. The van der Waals surface area contributed by atoms with E-state index in [9.17, 15) is 14.4 Å². The largest absolute Gasteiger partial charge is 0.481 e. The molecule has 0 aliphatic carbocycles. The molecule has 0 heterocycles. The van der Waals surface area contributed by atoms with Crippen LogP contribution in [0, 0.1) is 0 Å². The van der Waals surface area contributed by atoms with Gasteiger partial charge in [-0.1, -0.05) is 22.4 Å². The standard InChI is InChI=1S/C11H18BrNO5/c12-7-3-1-2-4-9(14)13-8(11(17)18)5-6-10(15)16/h8H,1-7H2,(H,13,14)(H,15,16)(H,17,18). The maximum absolute atomic E-state index is 11.4. The molecule has 0 radical (unpaired) electrons. The summed E-state index contributed by atoms with van der Waals surface area (Å²) >= 11 is 3.28.